The first kappa shape index (κ1) is 22.9. The highest BCUT2D eigenvalue weighted by atomic mass is 32.2. The third kappa shape index (κ3) is 4.46. The van der Waals surface area contributed by atoms with Gasteiger partial charge in [0.25, 0.3) is 15.7 Å². The number of hydrogen-bond acceptors (Lipinski definition) is 6. The van der Waals surface area contributed by atoms with Crippen LogP contribution in [0.5, 0.6) is 5.75 Å². The maximum absolute atomic E-state index is 13.1. The summed E-state index contributed by atoms with van der Waals surface area (Å²) >= 11 is 0. The van der Waals surface area contributed by atoms with Crippen LogP contribution in [-0.2, 0) is 10.0 Å². The Labute approximate surface area is 203 Å². The fraction of sp³-hybridized carbons (Fsp3) is 0.231. The van der Waals surface area contributed by atoms with Crippen LogP contribution in [0, 0.1) is 16.0 Å². The Morgan fingerprint density at radius 3 is 2.66 bits per heavy atom. The Bertz CT molecular complexity index is 1400. The summed E-state index contributed by atoms with van der Waals surface area (Å²) in [5.41, 5.74) is 3.08. The predicted molar refractivity (Wildman–Crippen MR) is 134 cm³/mol. The molecule has 2 aliphatic rings. The topological polar surface area (TPSA) is 111 Å². The number of allylic oxidation sites excluding steroid dienone is 2. The van der Waals surface area contributed by atoms with E-state index in [-0.39, 0.29) is 33.4 Å². The first-order chi connectivity index (χ1) is 16.9. The number of nitro benzene ring substituents is 1. The number of non-ortho nitro benzene ring substituents is 1. The van der Waals surface area contributed by atoms with Gasteiger partial charge in [-0.3, -0.25) is 14.8 Å². The van der Waals surface area contributed by atoms with Crippen molar-refractivity contribution >= 4 is 27.1 Å². The standard InChI is InChI=1S/C26H25N3O5S/c1-2-34-20-11-9-18(10-12-20)28-35(32,33)21-13-14-25-24(16-21)22-7-4-8-23(22)26(27-25)17-5-3-6-19(15-17)29(30)31/h3-7,9-16,22-23,26-28H,2,8H2,1H3. The number of ether oxygens (including phenoxy) is 1. The van der Waals surface area contributed by atoms with Crippen molar-refractivity contribution in [2.24, 2.45) is 5.92 Å². The van der Waals surface area contributed by atoms with Crippen LogP contribution < -0.4 is 14.8 Å². The summed E-state index contributed by atoms with van der Waals surface area (Å²) in [6, 6.07) is 18.4. The molecular weight excluding hydrogens is 466 g/mol. The number of sulfonamides is 1. The molecular formula is C26H25N3O5S. The lowest BCUT2D eigenvalue weighted by Gasteiger charge is -2.37. The van der Waals surface area contributed by atoms with E-state index >= 15 is 0 Å². The van der Waals surface area contributed by atoms with Crippen molar-refractivity contribution in [3.63, 3.8) is 0 Å². The third-order valence-electron chi connectivity index (χ3n) is 6.50. The van der Waals surface area contributed by atoms with Gasteiger partial charge in [0.15, 0.2) is 0 Å². The van der Waals surface area contributed by atoms with E-state index < -0.39 is 10.0 Å². The molecule has 0 radical (unpaired) electrons. The SMILES string of the molecule is CCOc1ccc(NS(=O)(=O)c2ccc3c(c2)C2C=CCC2C(c2cccc([N+](=O)[O-])c2)N3)cc1. The molecule has 0 saturated heterocycles. The van der Waals surface area contributed by atoms with E-state index in [1.54, 1.807) is 54.6 Å². The maximum atomic E-state index is 13.1. The van der Waals surface area contributed by atoms with Crippen LogP contribution in [0.25, 0.3) is 0 Å². The number of nitro groups is 1. The summed E-state index contributed by atoms with van der Waals surface area (Å²) in [6.07, 6.45) is 4.99. The van der Waals surface area contributed by atoms with Gasteiger partial charge in [0.05, 0.1) is 22.5 Å². The molecule has 35 heavy (non-hydrogen) atoms. The van der Waals surface area contributed by atoms with Crippen molar-refractivity contribution in [2.75, 3.05) is 16.6 Å². The second-order valence-electron chi connectivity index (χ2n) is 8.64. The molecule has 3 aromatic rings. The molecule has 0 amide bonds. The second kappa shape index (κ2) is 9.07. The molecule has 5 rings (SSSR count). The highest BCUT2D eigenvalue weighted by molar-refractivity contribution is 7.92. The highest BCUT2D eigenvalue weighted by Gasteiger charge is 2.38. The molecule has 180 valence electrons. The van der Waals surface area contributed by atoms with E-state index in [2.05, 4.69) is 22.2 Å². The smallest absolute Gasteiger partial charge is 0.269 e. The fourth-order valence-electron chi connectivity index (χ4n) is 4.90. The summed E-state index contributed by atoms with van der Waals surface area (Å²) in [5, 5.41) is 14.8. The molecule has 1 aliphatic heterocycles. The van der Waals surface area contributed by atoms with E-state index in [1.807, 2.05) is 13.0 Å². The van der Waals surface area contributed by atoms with Gasteiger partial charge in [0.1, 0.15) is 5.75 Å². The molecule has 1 heterocycles. The first-order valence-electron chi connectivity index (χ1n) is 11.4. The Hall–Kier alpha value is -3.85. The predicted octanol–water partition coefficient (Wildman–Crippen LogP) is 5.62. The van der Waals surface area contributed by atoms with E-state index in [0.29, 0.717) is 18.0 Å². The summed E-state index contributed by atoms with van der Waals surface area (Å²) in [6.45, 7) is 2.42. The Kier molecular flexibility index (Phi) is 5.94. The van der Waals surface area contributed by atoms with Gasteiger partial charge in [-0.25, -0.2) is 8.42 Å². The number of nitrogens with zero attached hydrogens (tertiary/aromatic N) is 1. The summed E-state index contributed by atoms with van der Waals surface area (Å²) in [4.78, 5) is 11.1. The number of benzene rings is 3. The van der Waals surface area contributed by atoms with E-state index in [9.17, 15) is 18.5 Å². The number of fused-ring (bicyclic) bond motifs is 3. The van der Waals surface area contributed by atoms with Crippen molar-refractivity contribution < 1.29 is 18.1 Å². The van der Waals surface area contributed by atoms with Crippen LogP contribution in [0.2, 0.25) is 0 Å². The Balaban J connectivity index is 1.44. The van der Waals surface area contributed by atoms with E-state index in [4.69, 9.17) is 4.74 Å². The first-order valence-corrected chi connectivity index (χ1v) is 12.9. The number of anilines is 2. The minimum Gasteiger partial charge on any atom is -0.494 e. The molecule has 0 aromatic heterocycles. The average molecular weight is 492 g/mol. The summed E-state index contributed by atoms with van der Waals surface area (Å²) < 4.78 is 34.3. The molecule has 0 saturated carbocycles. The third-order valence-corrected chi connectivity index (χ3v) is 7.88. The largest absolute Gasteiger partial charge is 0.494 e. The lowest BCUT2D eigenvalue weighted by molar-refractivity contribution is -0.384. The summed E-state index contributed by atoms with van der Waals surface area (Å²) in [5.74, 6) is 0.810. The van der Waals surface area contributed by atoms with Crippen LogP contribution in [0.15, 0.2) is 83.8 Å². The Morgan fingerprint density at radius 1 is 1.11 bits per heavy atom. The lowest BCUT2D eigenvalue weighted by atomic mass is 9.77. The maximum Gasteiger partial charge on any atom is 0.269 e. The van der Waals surface area contributed by atoms with Gasteiger partial charge in [-0.1, -0.05) is 24.3 Å². The minimum absolute atomic E-state index is 0.0103. The number of hydrogen-bond donors (Lipinski definition) is 2. The van der Waals surface area contributed by atoms with Crippen molar-refractivity contribution in [1.82, 2.24) is 0 Å². The second-order valence-corrected chi connectivity index (χ2v) is 10.3. The van der Waals surface area contributed by atoms with Crippen LogP contribution in [-0.4, -0.2) is 19.9 Å². The molecule has 2 N–H and O–H groups in total. The van der Waals surface area contributed by atoms with E-state index in [1.165, 1.54) is 6.07 Å². The van der Waals surface area contributed by atoms with Crippen molar-refractivity contribution in [2.45, 2.75) is 30.2 Å². The fourth-order valence-corrected chi connectivity index (χ4v) is 5.99. The van der Waals surface area contributed by atoms with Crippen molar-refractivity contribution in [3.8, 4) is 5.75 Å². The number of nitrogens with one attached hydrogen (secondary N) is 2. The number of rotatable bonds is 7. The Morgan fingerprint density at radius 2 is 1.91 bits per heavy atom. The summed E-state index contributed by atoms with van der Waals surface area (Å²) in [7, 11) is -3.80. The molecule has 0 bridgehead atoms. The van der Waals surface area contributed by atoms with Crippen LogP contribution >= 0.6 is 0 Å². The molecule has 3 unspecified atom stereocenters. The molecule has 0 fully saturated rings. The monoisotopic (exact) mass is 491 g/mol. The molecule has 8 nitrogen and oxygen atoms in total. The molecule has 3 aromatic carbocycles. The van der Waals surface area contributed by atoms with Gasteiger partial charge in [-0.05, 0) is 72.9 Å². The van der Waals surface area contributed by atoms with Gasteiger partial charge in [0.2, 0.25) is 0 Å². The normalized spacial score (nSPS) is 20.4. The van der Waals surface area contributed by atoms with Gasteiger partial charge < -0.3 is 10.1 Å². The zero-order valence-corrected chi connectivity index (χ0v) is 19.9. The molecule has 1 aliphatic carbocycles. The van der Waals surface area contributed by atoms with Gasteiger partial charge in [-0.15, -0.1) is 0 Å². The molecule has 3 atom stereocenters. The van der Waals surface area contributed by atoms with Crippen LogP contribution in [0.4, 0.5) is 17.1 Å². The lowest BCUT2D eigenvalue weighted by Crippen LogP contribution is -2.29. The van der Waals surface area contributed by atoms with Crippen molar-refractivity contribution in [1.29, 1.82) is 0 Å². The van der Waals surface area contributed by atoms with Gasteiger partial charge in [0, 0.05) is 29.4 Å². The molecule has 0 spiro atoms. The minimum atomic E-state index is -3.80. The van der Waals surface area contributed by atoms with E-state index in [0.717, 1.165) is 23.2 Å². The average Bonchev–Trinajstić information content (AvgIpc) is 3.35. The zero-order chi connectivity index (χ0) is 24.6. The van der Waals surface area contributed by atoms with Crippen molar-refractivity contribution in [3.05, 3.63) is 100 Å². The zero-order valence-electron chi connectivity index (χ0n) is 19.0. The van der Waals surface area contributed by atoms with Gasteiger partial charge in [-0.2, -0.15) is 0 Å². The van der Waals surface area contributed by atoms with Crippen LogP contribution in [0.1, 0.15) is 36.4 Å². The van der Waals surface area contributed by atoms with Crippen LogP contribution in [0.3, 0.4) is 0 Å². The highest BCUT2D eigenvalue weighted by Crippen LogP contribution is 2.50. The van der Waals surface area contributed by atoms with Gasteiger partial charge >= 0.3 is 0 Å². The quantitative estimate of drug-likeness (QED) is 0.252. The molecule has 9 heteroatoms.